The molecule has 1 amide bonds. The van der Waals surface area contributed by atoms with Crippen molar-refractivity contribution in [1.29, 1.82) is 0 Å². The molecule has 0 radical (unpaired) electrons. The molecule has 0 fully saturated rings. The standard InChI is InChI=1S/C21H22N4O2S/c1-21(2)12-14-6-4-5-7-17(14)19-23-24-20(25(19)21)28-13-18(26)22-15-8-10-16(27-3)11-9-15/h4-11H,12-13H2,1-3H3,(H,22,26). The number of ether oxygens (including phenoxy) is 1. The number of nitrogens with zero attached hydrogens (tertiary/aromatic N) is 3. The maximum absolute atomic E-state index is 12.4. The summed E-state index contributed by atoms with van der Waals surface area (Å²) in [5.41, 5.74) is 2.98. The summed E-state index contributed by atoms with van der Waals surface area (Å²) in [6.45, 7) is 4.36. The zero-order chi connectivity index (χ0) is 19.7. The number of benzene rings is 2. The van der Waals surface area contributed by atoms with E-state index in [2.05, 4.69) is 52.1 Å². The molecule has 0 saturated carbocycles. The predicted octanol–water partition coefficient (Wildman–Crippen LogP) is 3.98. The molecule has 4 rings (SSSR count). The molecule has 2 heterocycles. The summed E-state index contributed by atoms with van der Waals surface area (Å²) >= 11 is 1.41. The van der Waals surface area contributed by atoms with Crippen molar-refractivity contribution < 1.29 is 9.53 Å². The van der Waals surface area contributed by atoms with Gasteiger partial charge in [0.05, 0.1) is 12.9 Å². The molecule has 0 aliphatic carbocycles. The van der Waals surface area contributed by atoms with Crippen LogP contribution in [0.1, 0.15) is 19.4 Å². The zero-order valence-electron chi connectivity index (χ0n) is 16.1. The van der Waals surface area contributed by atoms with Gasteiger partial charge in [0.1, 0.15) is 5.75 Å². The van der Waals surface area contributed by atoms with Crippen molar-refractivity contribution in [2.75, 3.05) is 18.2 Å². The molecule has 2 aromatic carbocycles. The first-order valence-corrected chi connectivity index (χ1v) is 10.1. The number of methoxy groups -OCH3 is 1. The number of fused-ring (bicyclic) bond motifs is 3. The number of aromatic nitrogens is 3. The van der Waals surface area contributed by atoms with Crippen LogP contribution in [-0.2, 0) is 16.8 Å². The van der Waals surface area contributed by atoms with Gasteiger partial charge in [-0.15, -0.1) is 10.2 Å². The Morgan fingerprint density at radius 3 is 2.68 bits per heavy atom. The van der Waals surface area contributed by atoms with E-state index in [1.165, 1.54) is 17.3 Å². The smallest absolute Gasteiger partial charge is 0.234 e. The number of anilines is 1. The second kappa shape index (κ2) is 7.31. The number of rotatable bonds is 5. The Bertz CT molecular complexity index is 1010. The number of amides is 1. The Morgan fingerprint density at radius 1 is 1.18 bits per heavy atom. The van der Waals surface area contributed by atoms with E-state index in [0.29, 0.717) is 0 Å². The predicted molar refractivity (Wildman–Crippen MR) is 111 cm³/mol. The normalized spacial score (nSPS) is 14.1. The lowest BCUT2D eigenvalue weighted by molar-refractivity contribution is -0.113. The van der Waals surface area contributed by atoms with Gasteiger partial charge >= 0.3 is 0 Å². The lowest BCUT2D eigenvalue weighted by atomic mass is 9.87. The number of carbonyl (C=O) groups is 1. The van der Waals surface area contributed by atoms with E-state index in [1.807, 2.05) is 30.3 Å². The molecule has 1 aliphatic heterocycles. The van der Waals surface area contributed by atoms with Crippen molar-refractivity contribution >= 4 is 23.4 Å². The van der Waals surface area contributed by atoms with Crippen LogP contribution in [0.2, 0.25) is 0 Å². The summed E-state index contributed by atoms with van der Waals surface area (Å²) < 4.78 is 7.29. The van der Waals surface area contributed by atoms with Crippen LogP contribution < -0.4 is 10.1 Å². The van der Waals surface area contributed by atoms with Crippen LogP contribution >= 0.6 is 11.8 Å². The van der Waals surface area contributed by atoms with E-state index in [0.717, 1.165) is 34.4 Å². The number of thioether (sulfide) groups is 1. The Labute approximate surface area is 168 Å². The maximum Gasteiger partial charge on any atom is 0.234 e. The van der Waals surface area contributed by atoms with Crippen molar-refractivity contribution in [2.45, 2.75) is 31.0 Å². The van der Waals surface area contributed by atoms with Crippen LogP contribution in [0.15, 0.2) is 53.7 Å². The van der Waals surface area contributed by atoms with Gasteiger partial charge in [-0.1, -0.05) is 36.0 Å². The monoisotopic (exact) mass is 394 g/mol. The van der Waals surface area contributed by atoms with E-state index in [9.17, 15) is 4.79 Å². The molecule has 28 heavy (non-hydrogen) atoms. The van der Waals surface area contributed by atoms with Gasteiger partial charge in [-0.2, -0.15) is 0 Å². The average Bonchev–Trinajstić information content (AvgIpc) is 3.12. The van der Waals surface area contributed by atoms with Gasteiger partial charge in [-0.05, 0) is 50.1 Å². The molecule has 7 heteroatoms. The molecular weight excluding hydrogens is 372 g/mol. The minimum Gasteiger partial charge on any atom is -0.497 e. The quantitative estimate of drug-likeness (QED) is 0.663. The third-order valence-electron chi connectivity index (χ3n) is 4.83. The van der Waals surface area contributed by atoms with Crippen molar-refractivity contribution in [3.63, 3.8) is 0 Å². The molecule has 3 aromatic rings. The molecule has 0 spiro atoms. The summed E-state index contributed by atoms with van der Waals surface area (Å²) in [6.07, 6.45) is 0.903. The molecule has 1 aromatic heterocycles. The summed E-state index contributed by atoms with van der Waals surface area (Å²) in [4.78, 5) is 12.4. The first-order valence-electron chi connectivity index (χ1n) is 9.09. The number of nitrogens with one attached hydrogen (secondary N) is 1. The van der Waals surface area contributed by atoms with Gasteiger partial charge in [0.15, 0.2) is 11.0 Å². The number of carbonyl (C=O) groups excluding carboxylic acids is 1. The maximum atomic E-state index is 12.4. The third-order valence-corrected chi connectivity index (χ3v) is 5.76. The zero-order valence-corrected chi connectivity index (χ0v) is 16.9. The van der Waals surface area contributed by atoms with Gasteiger partial charge in [-0.25, -0.2) is 0 Å². The van der Waals surface area contributed by atoms with Gasteiger partial charge in [0.2, 0.25) is 5.91 Å². The van der Waals surface area contributed by atoms with E-state index in [4.69, 9.17) is 4.74 Å². The van der Waals surface area contributed by atoms with Gasteiger partial charge in [0.25, 0.3) is 0 Å². The topological polar surface area (TPSA) is 69.0 Å². The van der Waals surface area contributed by atoms with Crippen LogP contribution in [0.5, 0.6) is 5.75 Å². The van der Waals surface area contributed by atoms with Gasteiger partial charge in [0, 0.05) is 16.8 Å². The highest BCUT2D eigenvalue weighted by atomic mass is 32.2. The van der Waals surface area contributed by atoms with Gasteiger partial charge < -0.3 is 10.1 Å². The summed E-state index contributed by atoms with van der Waals surface area (Å²) in [6, 6.07) is 15.6. The Hall–Kier alpha value is -2.80. The first kappa shape index (κ1) is 18.6. The van der Waals surface area contributed by atoms with E-state index < -0.39 is 0 Å². The van der Waals surface area contributed by atoms with E-state index in [-0.39, 0.29) is 17.2 Å². The van der Waals surface area contributed by atoms with Crippen molar-refractivity contribution in [3.05, 3.63) is 54.1 Å². The molecule has 0 unspecified atom stereocenters. The average molecular weight is 395 g/mol. The molecule has 0 atom stereocenters. The lowest BCUT2D eigenvalue weighted by Crippen LogP contribution is -2.33. The van der Waals surface area contributed by atoms with Crippen molar-refractivity contribution in [1.82, 2.24) is 14.8 Å². The fraction of sp³-hybridized carbons (Fsp3) is 0.286. The van der Waals surface area contributed by atoms with Crippen molar-refractivity contribution in [3.8, 4) is 17.1 Å². The molecule has 1 aliphatic rings. The lowest BCUT2D eigenvalue weighted by Gasteiger charge is -2.34. The third kappa shape index (κ3) is 3.49. The Kier molecular flexibility index (Phi) is 4.85. The number of hydrogen-bond acceptors (Lipinski definition) is 5. The summed E-state index contributed by atoms with van der Waals surface area (Å²) in [5, 5.41) is 12.5. The second-order valence-electron chi connectivity index (χ2n) is 7.35. The SMILES string of the molecule is COc1ccc(NC(=O)CSc2nnc3n2C(C)(C)Cc2ccccc2-3)cc1. The van der Waals surface area contributed by atoms with Gasteiger partial charge in [-0.3, -0.25) is 9.36 Å². The van der Waals surface area contributed by atoms with E-state index in [1.54, 1.807) is 7.11 Å². The second-order valence-corrected chi connectivity index (χ2v) is 8.30. The Morgan fingerprint density at radius 2 is 1.93 bits per heavy atom. The van der Waals surface area contributed by atoms with Crippen LogP contribution in [0, 0.1) is 0 Å². The molecule has 144 valence electrons. The largest absolute Gasteiger partial charge is 0.497 e. The minimum atomic E-state index is -0.151. The fourth-order valence-corrected chi connectivity index (χ4v) is 4.42. The molecule has 1 N–H and O–H groups in total. The Balaban J connectivity index is 1.49. The van der Waals surface area contributed by atoms with Crippen LogP contribution in [-0.4, -0.2) is 33.5 Å². The molecule has 0 saturated heterocycles. The van der Waals surface area contributed by atoms with Crippen LogP contribution in [0.4, 0.5) is 5.69 Å². The molecule has 6 nitrogen and oxygen atoms in total. The highest BCUT2D eigenvalue weighted by Gasteiger charge is 2.34. The minimum absolute atomic E-state index is 0.0819. The summed E-state index contributed by atoms with van der Waals surface area (Å²) in [5.74, 6) is 1.80. The van der Waals surface area contributed by atoms with E-state index >= 15 is 0 Å². The molecular formula is C21H22N4O2S. The van der Waals surface area contributed by atoms with Crippen molar-refractivity contribution in [2.24, 2.45) is 0 Å². The first-order chi connectivity index (χ1) is 13.5. The molecule has 0 bridgehead atoms. The highest BCUT2D eigenvalue weighted by molar-refractivity contribution is 7.99. The van der Waals surface area contributed by atoms with Crippen LogP contribution in [0.25, 0.3) is 11.4 Å². The summed E-state index contributed by atoms with van der Waals surface area (Å²) in [7, 11) is 1.61. The van der Waals surface area contributed by atoms with Crippen LogP contribution in [0.3, 0.4) is 0 Å². The highest BCUT2D eigenvalue weighted by Crippen LogP contribution is 2.39. The fourth-order valence-electron chi connectivity index (χ4n) is 3.52. The number of hydrogen-bond donors (Lipinski definition) is 1.